The van der Waals surface area contributed by atoms with Crippen molar-refractivity contribution >= 4 is 23.2 Å². The summed E-state index contributed by atoms with van der Waals surface area (Å²) in [6.45, 7) is 1.96. The van der Waals surface area contributed by atoms with Gasteiger partial charge in [0.2, 0.25) is 5.95 Å². The van der Waals surface area contributed by atoms with Gasteiger partial charge in [-0.3, -0.25) is 0 Å². The molecule has 2 aromatic rings. The number of nitrogens with zero attached hydrogens (tertiary/aromatic N) is 2. The van der Waals surface area contributed by atoms with Crippen LogP contribution in [0.2, 0.25) is 0 Å². The highest BCUT2D eigenvalue weighted by atomic mass is 35.5. The molecule has 0 saturated heterocycles. The number of aryl methyl sites for hydroxylation is 1. The van der Waals surface area contributed by atoms with Gasteiger partial charge in [0.15, 0.2) is 0 Å². The van der Waals surface area contributed by atoms with Crippen molar-refractivity contribution in [3.63, 3.8) is 0 Å². The molecule has 0 aliphatic rings. The third-order valence-corrected chi connectivity index (χ3v) is 2.43. The lowest BCUT2D eigenvalue weighted by Crippen LogP contribution is -1.97. The summed E-state index contributed by atoms with van der Waals surface area (Å²) in [5.41, 5.74) is 3.06. The second-order valence-electron chi connectivity index (χ2n) is 3.54. The molecule has 3 nitrogen and oxygen atoms in total. The first-order chi connectivity index (χ1) is 7.78. The number of nitrogens with one attached hydrogen (secondary N) is 1. The van der Waals surface area contributed by atoms with E-state index in [2.05, 4.69) is 15.3 Å². The molecule has 1 N–H and O–H groups in total. The molecule has 0 atom stereocenters. The summed E-state index contributed by atoms with van der Waals surface area (Å²) in [5.74, 6) is 1.10. The molecule has 1 aromatic carbocycles. The second kappa shape index (κ2) is 4.94. The van der Waals surface area contributed by atoms with Gasteiger partial charge >= 0.3 is 0 Å². The van der Waals surface area contributed by atoms with Gasteiger partial charge in [-0.2, -0.15) is 0 Å². The highest BCUT2D eigenvalue weighted by Crippen LogP contribution is 2.15. The Bertz CT molecular complexity index is 468. The summed E-state index contributed by atoms with van der Waals surface area (Å²) >= 11 is 5.76. The maximum atomic E-state index is 5.76. The summed E-state index contributed by atoms with van der Waals surface area (Å²) in [7, 11) is 0. The van der Waals surface area contributed by atoms with Crippen LogP contribution in [-0.2, 0) is 5.88 Å². The van der Waals surface area contributed by atoms with Crippen molar-refractivity contribution in [3.05, 3.63) is 47.8 Å². The van der Waals surface area contributed by atoms with Crippen LogP contribution >= 0.6 is 11.6 Å². The molecular weight excluding hydrogens is 222 g/mol. The van der Waals surface area contributed by atoms with Gasteiger partial charge in [-0.1, -0.05) is 12.1 Å². The lowest BCUT2D eigenvalue weighted by Gasteiger charge is -2.05. The lowest BCUT2D eigenvalue weighted by molar-refractivity contribution is 1.13. The van der Waals surface area contributed by atoms with Crippen LogP contribution in [0.5, 0.6) is 0 Å². The van der Waals surface area contributed by atoms with E-state index >= 15 is 0 Å². The molecule has 4 heteroatoms. The number of rotatable bonds is 3. The van der Waals surface area contributed by atoms with Crippen LogP contribution in [0.15, 0.2) is 36.7 Å². The van der Waals surface area contributed by atoms with Crippen molar-refractivity contribution in [1.29, 1.82) is 0 Å². The number of hydrogen-bond acceptors (Lipinski definition) is 3. The highest BCUT2D eigenvalue weighted by Gasteiger charge is 1.98. The number of benzene rings is 1. The minimum absolute atomic E-state index is 0.504. The van der Waals surface area contributed by atoms with E-state index in [9.17, 15) is 0 Å². The Morgan fingerprint density at radius 3 is 2.69 bits per heavy atom. The number of aromatic nitrogens is 2. The topological polar surface area (TPSA) is 37.8 Å². The fraction of sp³-hybridized carbons (Fsp3) is 0.167. The maximum absolute atomic E-state index is 5.76. The second-order valence-corrected chi connectivity index (χ2v) is 3.81. The molecular formula is C12H12ClN3. The standard InChI is InChI=1S/C12H12ClN3/c1-9-7-14-12(15-8-9)16-11-4-2-3-10(5-11)6-13/h2-5,7-8H,6H2,1H3,(H,14,15,16). The van der Waals surface area contributed by atoms with E-state index in [0.717, 1.165) is 16.8 Å². The minimum atomic E-state index is 0.504. The molecule has 0 unspecified atom stereocenters. The van der Waals surface area contributed by atoms with Crippen LogP contribution in [0.1, 0.15) is 11.1 Å². The van der Waals surface area contributed by atoms with Crippen molar-refractivity contribution in [2.75, 3.05) is 5.32 Å². The van der Waals surface area contributed by atoms with Crippen molar-refractivity contribution in [1.82, 2.24) is 9.97 Å². The lowest BCUT2D eigenvalue weighted by atomic mass is 10.2. The van der Waals surface area contributed by atoms with E-state index in [1.54, 1.807) is 12.4 Å². The Hall–Kier alpha value is -1.61. The smallest absolute Gasteiger partial charge is 0.227 e. The zero-order valence-electron chi connectivity index (χ0n) is 8.94. The van der Waals surface area contributed by atoms with Gasteiger partial charge in [0.25, 0.3) is 0 Å². The maximum Gasteiger partial charge on any atom is 0.227 e. The van der Waals surface area contributed by atoms with E-state index in [4.69, 9.17) is 11.6 Å². The Morgan fingerprint density at radius 2 is 2.00 bits per heavy atom. The first-order valence-corrected chi connectivity index (χ1v) is 5.52. The Kier molecular flexibility index (Phi) is 3.37. The van der Waals surface area contributed by atoms with E-state index in [0.29, 0.717) is 11.8 Å². The van der Waals surface area contributed by atoms with Gasteiger partial charge < -0.3 is 5.32 Å². The highest BCUT2D eigenvalue weighted by molar-refractivity contribution is 6.17. The molecule has 0 aliphatic carbocycles. The van der Waals surface area contributed by atoms with E-state index in [1.807, 2.05) is 31.2 Å². The molecule has 0 radical (unpaired) electrons. The predicted octanol–water partition coefficient (Wildman–Crippen LogP) is 3.27. The van der Waals surface area contributed by atoms with Crippen LogP contribution in [0.4, 0.5) is 11.6 Å². The molecule has 0 bridgehead atoms. The molecule has 0 spiro atoms. The van der Waals surface area contributed by atoms with E-state index < -0.39 is 0 Å². The summed E-state index contributed by atoms with van der Waals surface area (Å²) in [5, 5.41) is 3.12. The molecule has 0 aliphatic heterocycles. The first-order valence-electron chi connectivity index (χ1n) is 4.98. The monoisotopic (exact) mass is 233 g/mol. The summed E-state index contributed by atoms with van der Waals surface area (Å²) < 4.78 is 0. The fourth-order valence-electron chi connectivity index (χ4n) is 1.32. The predicted molar refractivity (Wildman–Crippen MR) is 66.1 cm³/mol. The van der Waals surface area contributed by atoms with Crippen molar-refractivity contribution in [2.45, 2.75) is 12.8 Å². The third-order valence-electron chi connectivity index (χ3n) is 2.12. The van der Waals surface area contributed by atoms with Gasteiger partial charge in [0, 0.05) is 24.0 Å². The third kappa shape index (κ3) is 2.70. The van der Waals surface area contributed by atoms with Crippen LogP contribution in [0.25, 0.3) is 0 Å². The van der Waals surface area contributed by atoms with Gasteiger partial charge in [0.1, 0.15) is 0 Å². The summed E-state index contributed by atoms with van der Waals surface area (Å²) in [4.78, 5) is 8.35. The van der Waals surface area contributed by atoms with Crippen LogP contribution in [-0.4, -0.2) is 9.97 Å². The zero-order chi connectivity index (χ0) is 11.4. The Morgan fingerprint density at radius 1 is 1.25 bits per heavy atom. The summed E-state index contributed by atoms with van der Waals surface area (Å²) in [6.07, 6.45) is 3.56. The van der Waals surface area contributed by atoms with Crippen LogP contribution in [0.3, 0.4) is 0 Å². The van der Waals surface area contributed by atoms with Crippen LogP contribution in [0, 0.1) is 6.92 Å². The van der Waals surface area contributed by atoms with Gasteiger partial charge in [-0.05, 0) is 30.2 Å². The molecule has 0 amide bonds. The van der Waals surface area contributed by atoms with Crippen molar-refractivity contribution in [3.8, 4) is 0 Å². The molecule has 82 valence electrons. The average molecular weight is 234 g/mol. The zero-order valence-corrected chi connectivity index (χ0v) is 9.70. The number of hydrogen-bond donors (Lipinski definition) is 1. The van der Waals surface area contributed by atoms with Gasteiger partial charge in [-0.15, -0.1) is 11.6 Å². The van der Waals surface area contributed by atoms with Crippen molar-refractivity contribution < 1.29 is 0 Å². The molecule has 0 fully saturated rings. The molecule has 1 aromatic heterocycles. The van der Waals surface area contributed by atoms with Gasteiger partial charge in [-0.25, -0.2) is 9.97 Å². The largest absolute Gasteiger partial charge is 0.324 e. The Balaban J connectivity index is 2.16. The molecule has 2 rings (SSSR count). The fourth-order valence-corrected chi connectivity index (χ4v) is 1.48. The van der Waals surface area contributed by atoms with Gasteiger partial charge in [0.05, 0.1) is 0 Å². The normalized spacial score (nSPS) is 10.1. The van der Waals surface area contributed by atoms with E-state index in [-0.39, 0.29) is 0 Å². The van der Waals surface area contributed by atoms with E-state index in [1.165, 1.54) is 0 Å². The summed E-state index contributed by atoms with van der Waals surface area (Å²) in [6, 6.07) is 7.87. The first kappa shape index (κ1) is 10.9. The number of alkyl halides is 1. The quantitative estimate of drug-likeness (QED) is 0.827. The van der Waals surface area contributed by atoms with Crippen LogP contribution < -0.4 is 5.32 Å². The average Bonchev–Trinajstić information content (AvgIpc) is 2.32. The Labute approximate surface area is 99.5 Å². The SMILES string of the molecule is Cc1cnc(Nc2cccc(CCl)c2)nc1. The molecule has 16 heavy (non-hydrogen) atoms. The molecule has 1 heterocycles. The number of halogens is 1. The van der Waals surface area contributed by atoms with Crippen molar-refractivity contribution in [2.24, 2.45) is 0 Å². The number of anilines is 2. The minimum Gasteiger partial charge on any atom is -0.324 e. The molecule has 0 saturated carbocycles.